The van der Waals surface area contributed by atoms with E-state index in [1.807, 2.05) is 50.2 Å². The standard InChI is InChI=1S/C25H23N3O4/c1-16-12-20(17(2)26-21-11-7-6-10-19(21)25(30)31)24-27-22(13-23(29)28(24)14-16)32-15-18-8-4-3-5-9-18/h3-14,17,26H,15H2,1-2H3,(H,30,31). The number of carboxylic acid groups (broad SMARTS) is 1. The number of nitrogens with zero attached hydrogens (tertiary/aromatic N) is 2. The summed E-state index contributed by atoms with van der Waals surface area (Å²) in [4.78, 5) is 29.0. The smallest absolute Gasteiger partial charge is 0.337 e. The zero-order chi connectivity index (χ0) is 22.7. The molecular formula is C25H23N3O4. The lowest BCUT2D eigenvalue weighted by molar-refractivity contribution is 0.0698. The van der Waals surface area contributed by atoms with E-state index in [4.69, 9.17) is 4.74 Å². The van der Waals surface area contributed by atoms with Gasteiger partial charge in [0.15, 0.2) is 0 Å². The second kappa shape index (κ2) is 8.93. The number of aromatic nitrogens is 2. The molecule has 2 heterocycles. The molecule has 0 bridgehead atoms. The van der Waals surface area contributed by atoms with Gasteiger partial charge in [-0.25, -0.2) is 4.79 Å². The molecule has 2 aromatic carbocycles. The van der Waals surface area contributed by atoms with Crippen molar-refractivity contribution in [2.75, 3.05) is 5.32 Å². The maximum absolute atomic E-state index is 12.8. The van der Waals surface area contributed by atoms with Crippen LogP contribution in [0.25, 0.3) is 5.65 Å². The lowest BCUT2D eigenvalue weighted by atomic mass is 10.1. The number of aryl methyl sites for hydroxylation is 1. The molecule has 1 atom stereocenters. The maximum Gasteiger partial charge on any atom is 0.337 e. The first kappa shape index (κ1) is 21.1. The molecule has 2 aromatic heterocycles. The van der Waals surface area contributed by atoms with E-state index in [9.17, 15) is 14.7 Å². The van der Waals surface area contributed by atoms with E-state index in [-0.39, 0.29) is 23.0 Å². The minimum atomic E-state index is -1.01. The van der Waals surface area contributed by atoms with Gasteiger partial charge in [0.2, 0.25) is 5.88 Å². The largest absolute Gasteiger partial charge is 0.478 e. The zero-order valence-corrected chi connectivity index (χ0v) is 17.8. The third-order valence-electron chi connectivity index (χ3n) is 5.13. The number of aromatic carboxylic acids is 1. The van der Waals surface area contributed by atoms with Crippen molar-refractivity contribution in [2.45, 2.75) is 26.5 Å². The fourth-order valence-electron chi connectivity index (χ4n) is 3.58. The number of ether oxygens (including phenoxy) is 1. The number of anilines is 1. The van der Waals surface area contributed by atoms with Crippen LogP contribution < -0.4 is 15.6 Å². The van der Waals surface area contributed by atoms with Crippen molar-refractivity contribution in [2.24, 2.45) is 0 Å². The molecular weight excluding hydrogens is 406 g/mol. The van der Waals surface area contributed by atoms with Crippen molar-refractivity contribution < 1.29 is 14.6 Å². The Hall–Kier alpha value is -4.13. The first-order chi connectivity index (χ1) is 15.4. The number of hydrogen-bond donors (Lipinski definition) is 2. The average molecular weight is 429 g/mol. The highest BCUT2D eigenvalue weighted by atomic mass is 16.5. The normalized spacial score (nSPS) is 11.8. The van der Waals surface area contributed by atoms with Crippen molar-refractivity contribution in [1.82, 2.24) is 9.38 Å². The van der Waals surface area contributed by atoms with E-state index in [1.165, 1.54) is 10.5 Å². The summed E-state index contributed by atoms with van der Waals surface area (Å²) < 4.78 is 7.28. The fourth-order valence-corrected chi connectivity index (χ4v) is 3.58. The van der Waals surface area contributed by atoms with Crippen LogP contribution in [0.15, 0.2) is 77.7 Å². The van der Waals surface area contributed by atoms with Crippen LogP contribution in [0.1, 0.15) is 40.0 Å². The topological polar surface area (TPSA) is 92.9 Å². The van der Waals surface area contributed by atoms with Gasteiger partial charge in [-0.1, -0.05) is 42.5 Å². The quantitative estimate of drug-likeness (QED) is 0.451. The number of carbonyl (C=O) groups is 1. The lowest BCUT2D eigenvalue weighted by Gasteiger charge is -2.19. The van der Waals surface area contributed by atoms with E-state index in [0.717, 1.165) is 16.7 Å². The molecule has 2 N–H and O–H groups in total. The molecule has 0 aliphatic rings. The molecule has 0 amide bonds. The van der Waals surface area contributed by atoms with Crippen LogP contribution in [0.5, 0.6) is 5.88 Å². The van der Waals surface area contributed by atoms with Crippen LogP contribution >= 0.6 is 0 Å². The van der Waals surface area contributed by atoms with Gasteiger partial charge in [0, 0.05) is 17.4 Å². The van der Waals surface area contributed by atoms with Gasteiger partial charge in [-0.05, 0) is 43.2 Å². The number of fused-ring (bicyclic) bond motifs is 1. The Balaban J connectivity index is 1.71. The van der Waals surface area contributed by atoms with Gasteiger partial charge in [-0.15, -0.1) is 0 Å². The summed E-state index contributed by atoms with van der Waals surface area (Å²) in [6.45, 7) is 4.09. The summed E-state index contributed by atoms with van der Waals surface area (Å²) >= 11 is 0. The van der Waals surface area contributed by atoms with Gasteiger partial charge in [0.1, 0.15) is 12.3 Å². The van der Waals surface area contributed by atoms with Crippen LogP contribution in [-0.2, 0) is 6.61 Å². The molecule has 1 unspecified atom stereocenters. The first-order valence-electron chi connectivity index (χ1n) is 10.2. The summed E-state index contributed by atoms with van der Waals surface area (Å²) in [7, 11) is 0. The zero-order valence-electron chi connectivity index (χ0n) is 17.8. The second-order valence-electron chi connectivity index (χ2n) is 7.59. The lowest BCUT2D eigenvalue weighted by Crippen LogP contribution is -2.19. The SMILES string of the molecule is Cc1cc(C(C)Nc2ccccc2C(=O)O)c2nc(OCc3ccccc3)cc(=O)n2c1. The first-order valence-corrected chi connectivity index (χ1v) is 10.2. The van der Waals surface area contributed by atoms with Crippen LogP contribution in [0, 0.1) is 6.92 Å². The predicted molar refractivity (Wildman–Crippen MR) is 122 cm³/mol. The van der Waals surface area contributed by atoms with Crippen molar-refractivity contribution in [3.63, 3.8) is 0 Å². The van der Waals surface area contributed by atoms with Crippen molar-refractivity contribution in [3.05, 3.63) is 106 Å². The molecule has 0 saturated carbocycles. The number of rotatable bonds is 7. The van der Waals surface area contributed by atoms with Crippen LogP contribution in [0.2, 0.25) is 0 Å². The van der Waals surface area contributed by atoms with Gasteiger partial charge >= 0.3 is 5.97 Å². The predicted octanol–water partition coefficient (Wildman–Crippen LogP) is 4.45. The van der Waals surface area contributed by atoms with E-state index in [2.05, 4.69) is 10.3 Å². The van der Waals surface area contributed by atoms with E-state index in [1.54, 1.807) is 30.5 Å². The number of hydrogen-bond acceptors (Lipinski definition) is 5. The molecule has 4 aromatic rings. The van der Waals surface area contributed by atoms with Crippen molar-refractivity contribution in [1.29, 1.82) is 0 Å². The van der Waals surface area contributed by atoms with Crippen LogP contribution in [0.4, 0.5) is 5.69 Å². The Bertz CT molecular complexity index is 1330. The fraction of sp³-hybridized carbons (Fsp3) is 0.160. The summed E-state index contributed by atoms with van der Waals surface area (Å²) in [5.41, 5.74) is 3.49. The summed E-state index contributed by atoms with van der Waals surface area (Å²) in [5, 5.41) is 12.7. The summed E-state index contributed by atoms with van der Waals surface area (Å²) in [6.07, 6.45) is 1.73. The van der Waals surface area contributed by atoms with E-state index >= 15 is 0 Å². The number of carboxylic acids is 1. The van der Waals surface area contributed by atoms with Gasteiger partial charge in [-0.2, -0.15) is 4.98 Å². The summed E-state index contributed by atoms with van der Waals surface area (Å²) in [6, 6.07) is 19.3. The van der Waals surface area contributed by atoms with Gasteiger partial charge in [0.05, 0.1) is 17.7 Å². The van der Waals surface area contributed by atoms with Gasteiger partial charge in [-0.3, -0.25) is 9.20 Å². The molecule has 7 nitrogen and oxygen atoms in total. The highest BCUT2D eigenvalue weighted by Crippen LogP contribution is 2.26. The molecule has 0 radical (unpaired) electrons. The molecule has 0 spiro atoms. The number of pyridine rings is 1. The molecule has 0 aliphatic heterocycles. The Morgan fingerprint density at radius 1 is 1.12 bits per heavy atom. The van der Waals surface area contributed by atoms with Crippen molar-refractivity contribution >= 4 is 17.3 Å². The second-order valence-corrected chi connectivity index (χ2v) is 7.59. The molecule has 0 aliphatic carbocycles. The molecule has 7 heteroatoms. The van der Waals surface area contributed by atoms with Crippen LogP contribution in [0.3, 0.4) is 0 Å². The minimum Gasteiger partial charge on any atom is -0.478 e. The molecule has 4 rings (SSSR count). The van der Waals surface area contributed by atoms with E-state index in [0.29, 0.717) is 17.9 Å². The average Bonchev–Trinajstić information content (AvgIpc) is 2.78. The van der Waals surface area contributed by atoms with Crippen molar-refractivity contribution in [3.8, 4) is 5.88 Å². The van der Waals surface area contributed by atoms with Crippen LogP contribution in [-0.4, -0.2) is 20.5 Å². The Labute approximate surface area is 184 Å². The molecule has 0 fully saturated rings. The van der Waals surface area contributed by atoms with Gasteiger partial charge in [0.25, 0.3) is 5.56 Å². The minimum absolute atomic E-state index is 0.174. The monoisotopic (exact) mass is 429 g/mol. The Morgan fingerprint density at radius 3 is 2.59 bits per heavy atom. The number of benzene rings is 2. The Morgan fingerprint density at radius 2 is 1.84 bits per heavy atom. The highest BCUT2D eigenvalue weighted by molar-refractivity contribution is 5.94. The number of nitrogens with one attached hydrogen (secondary N) is 1. The molecule has 162 valence electrons. The van der Waals surface area contributed by atoms with E-state index < -0.39 is 5.97 Å². The molecule has 32 heavy (non-hydrogen) atoms. The maximum atomic E-state index is 12.8. The third-order valence-corrected chi connectivity index (χ3v) is 5.13. The van der Waals surface area contributed by atoms with Gasteiger partial charge < -0.3 is 15.2 Å². The Kier molecular flexibility index (Phi) is 5.89. The highest BCUT2D eigenvalue weighted by Gasteiger charge is 2.17. The summed E-state index contributed by atoms with van der Waals surface area (Å²) in [5.74, 6) is -0.776. The molecule has 0 saturated heterocycles. The third kappa shape index (κ3) is 4.46. The number of para-hydroxylation sites is 1.